The highest BCUT2D eigenvalue weighted by atomic mass is 32.2. The molecule has 33 heavy (non-hydrogen) atoms. The predicted molar refractivity (Wildman–Crippen MR) is 128 cm³/mol. The molecule has 174 valence electrons. The minimum Gasteiger partial charge on any atom is -0.337 e. The lowest BCUT2D eigenvalue weighted by atomic mass is 9.86. The zero-order chi connectivity index (χ0) is 24.0. The standard InChI is InChI=1S/C25H29N3O4S/c1-25(2)21-16-20(10-11-22(21)27(4)24(25)30)33(31,32)26(3)17-23(29)28-14-12-19(13-15-28)18-8-6-5-7-9-18/h5-12,16H,13-15,17H2,1-4H3. The predicted octanol–water partition coefficient (Wildman–Crippen LogP) is 2.88. The number of hydrogen-bond donors (Lipinski definition) is 0. The first kappa shape index (κ1) is 23.2. The summed E-state index contributed by atoms with van der Waals surface area (Å²) in [4.78, 5) is 28.7. The Kier molecular flexibility index (Phi) is 5.92. The third-order valence-electron chi connectivity index (χ3n) is 6.61. The van der Waals surface area contributed by atoms with Gasteiger partial charge in [-0.3, -0.25) is 9.59 Å². The molecule has 0 atom stereocenters. The van der Waals surface area contributed by atoms with E-state index >= 15 is 0 Å². The number of likely N-dealkylation sites (N-methyl/N-ethyl adjacent to an activating group) is 2. The van der Waals surface area contributed by atoms with Gasteiger partial charge in [0.1, 0.15) is 0 Å². The van der Waals surface area contributed by atoms with Crippen molar-refractivity contribution in [2.75, 3.05) is 38.6 Å². The topological polar surface area (TPSA) is 78.0 Å². The Morgan fingerprint density at radius 3 is 2.45 bits per heavy atom. The molecule has 0 saturated carbocycles. The third-order valence-corrected chi connectivity index (χ3v) is 8.41. The van der Waals surface area contributed by atoms with Gasteiger partial charge >= 0.3 is 0 Å². The van der Waals surface area contributed by atoms with Crippen LogP contribution in [0.2, 0.25) is 0 Å². The maximum atomic E-state index is 13.2. The van der Waals surface area contributed by atoms with E-state index < -0.39 is 15.4 Å². The summed E-state index contributed by atoms with van der Waals surface area (Å²) in [6.07, 6.45) is 2.76. The van der Waals surface area contributed by atoms with Crippen LogP contribution in [0, 0.1) is 0 Å². The van der Waals surface area contributed by atoms with Crippen LogP contribution < -0.4 is 4.90 Å². The molecule has 0 bridgehead atoms. The molecule has 2 heterocycles. The number of amides is 2. The maximum Gasteiger partial charge on any atom is 0.243 e. The molecular weight excluding hydrogens is 438 g/mol. The first-order valence-corrected chi connectivity index (χ1v) is 12.4. The molecule has 0 aromatic heterocycles. The molecule has 0 fully saturated rings. The van der Waals surface area contributed by atoms with E-state index in [9.17, 15) is 18.0 Å². The number of benzene rings is 2. The fourth-order valence-corrected chi connectivity index (χ4v) is 5.63. The lowest BCUT2D eigenvalue weighted by Gasteiger charge is -2.28. The number of nitrogens with zero attached hydrogens (tertiary/aromatic N) is 3. The van der Waals surface area contributed by atoms with Crippen LogP contribution in [-0.4, -0.2) is 63.2 Å². The van der Waals surface area contributed by atoms with Gasteiger partial charge in [0.25, 0.3) is 0 Å². The highest BCUT2D eigenvalue weighted by molar-refractivity contribution is 7.89. The summed E-state index contributed by atoms with van der Waals surface area (Å²) in [6.45, 7) is 4.34. The number of rotatable bonds is 5. The van der Waals surface area contributed by atoms with Crippen LogP contribution in [0.15, 0.2) is 59.5 Å². The quantitative estimate of drug-likeness (QED) is 0.678. The van der Waals surface area contributed by atoms with Crippen molar-refractivity contribution in [2.45, 2.75) is 30.6 Å². The van der Waals surface area contributed by atoms with E-state index in [-0.39, 0.29) is 23.3 Å². The largest absolute Gasteiger partial charge is 0.337 e. The molecule has 2 amide bonds. The zero-order valence-corrected chi connectivity index (χ0v) is 20.2. The van der Waals surface area contributed by atoms with Gasteiger partial charge in [-0.05, 0) is 55.2 Å². The van der Waals surface area contributed by atoms with Crippen LogP contribution in [0.3, 0.4) is 0 Å². The molecule has 2 aromatic rings. The summed E-state index contributed by atoms with van der Waals surface area (Å²) in [7, 11) is -0.792. The average molecular weight is 468 g/mol. The van der Waals surface area contributed by atoms with E-state index in [1.54, 1.807) is 42.8 Å². The van der Waals surface area contributed by atoms with Crippen molar-refractivity contribution in [3.05, 3.63) is 65.7 Å². The zero-order valence-electron chi connectivity index (χ0n) is 19.4. The molecule has 7 nitrogen and oxygen atoms in total. The normalized spacial score (nSPS) is 17.8. The van der Waals surface area contributed by atoms with Crippen molar-refractivity contribution >= 4 is 33.1 Å². The van der Waals surface area contributed by atoms with E-state index in [0.717, 1.165) is 16.3 Å². The van der Waals surface area contributed by atoms with Gasteiger partial charge in [0.05, 0.1) is 16.9 Å². The smallest absolute Gasteiger partial charge is 0.243 e. The van der Waals surface area contributed by atoms with Gasteiger partial charge in [-0.1, -0.05) is 36.4 Å². The molecule has 0 saturated heterocycles. The van der Waals surface area contributed by atoms with Gasteiger partial charge in [-0.25, -0.2) is 8.42 Å². The average Bonchev–Trinajstić information content (AvgIpc) is 2.99. The summed E-state index contributed by atoms with van der Waals surface area (Å²) >= 11 is 0. The second-order valence-electron chi connectivity index (χ2n) is 9.11. The molecule has 0 aliphatic carbocycles. The van der Waals surface area contributed by atoms with E-state index in [1.807, 2.05) is 36.4 Å². The molecule has 8 heteroatoms. The van der Waals surface area contributed by atoms with E-state index in [4.69, 9.17) is 0 Å². The van der Waals surface area contributed by atoms with Crippen LogP contribution in [0.4, 0.5) is 5.69 Å². The minimum absolute atomic E-state index is 0.0800. The van der Waals surface area contributed by atoms with E-state index in [1.165, 1.54) is 18.7 Å². The number of sulfonamides is 1. The van der Waals surface area contributed by atoms with Crippen molar-refractivity contribution < 1.29 is 18.0 Å². The molecule has 2 aliphatic rings. The minimum atomic E-state index is -3.89. The van der Waals surface area contributed by atoms with Gasteiger partial charge in [0, 0.05) is 32.9 Å². The summed E-state index contributed by atoms with van der Waals surface area (Å²) in [6, 6.07) is 14.8. The van der Waals surface area contributed by atoms with Crippen LogP contribution >= 0.6 is 0 Å². The first-order valence-electron chi connectivity index (χ1n) is 10.9. The van der Waals surface area contributed by atoms with Crippen LogP contribution in [0.1, 0.15) is 31.4 Å². The lowest BCUT2D eigenvalue weighted by molar-refractivity contribution is -0.130. The molecule has 0 N–H and O–H groups in total. The Morgan fingerprint density at radius 2 is 1.82 bits per heavy atom. The highest BCUT2D eigenvalue weighted by Gasteiger charge is 2.43. The van der Waals surface area contributed by atoms with Gasteiger partial charge < -0.3 is 9.80 Å². The first-order chi connectivity index (χ1) is 15.5. The van der Waals surface area contributed by atoms with Crippen LogP contribution in [0.25, 0.3) is 5.57 Å². The Hall–Kier alpha value is -2.97. The number of anilines is 1. The van der Waals surface area contributed by atoms with Crippen molar-refractivity contribution in [1.82, 2.24) is 9.21 Å². The Labute approximate surface area is 195 Å². The molecule has 2 aliphatic heterocycles. The molecular formula is C25H29N3O4S. The maximum absolute atomic E-state index is 13.2. The number of fused-ring (bicyclic) bond motifs is 1. The van der Waals surface area contributed by atoms with E-state index in [0.29, 0.717) is 24.3 Å². The Morgan fingerprint density at radius 1 is 1.12 bits per heavy atom. The summed E-state index contributed by atoms with van der Waals surface area (Å²) in [5, 5.41) is 0. The highest BCUT2D eigenvalue weighted by Crippen LogP contribution is 2.41. The molecule has 0 spiro atoms. The van der Waals surface area contributed by atoms with Crippen LogP contribution in [0.5, 0.6) is 0 Å². The lowest BCUT2D eigenvalue weighted by Crippen LogP contribution is -2.42. The second-order valence-corrected chi connectivity index (χ2v) is 11.2. The molecule has 0 unspecified atom stereocenters. The van der Waals surface area contributed by atoms with E-state index in [2.05, 4.69) is 0 Å². The summed E-state index contributed by atoms with van der Waals surface area (Å²) < 4.78 is 27.5. The van der Waals surface area contributed by atoms with Gasteiger partial charge in [-0.2, -0.15) is 4.31 Å². The fourth-order valence-electron chi connectivity index (χ4n) is 4.48. The van der Waals surface area contributed by atoms with Crippen molar-refractivity contribution in [2.24, 2.45) is 0 Å². The van der Waals surface area contributed by atoms with Crippen molar-refractivity contribution in [1.29, 1.82) is 0 Å². The van der Waals surface area contributed by atoms with Gasteiger partial charge in [0.2, 0.25) is 21.8 Å². The monoisotopic (exact) mass is 467 g/mol. The molecule has 0 radical (unpaired) electrons. The SMILES string of the molecule is CN1C(=O)C(C)(C)c2cc(S(=O)(=O)N(C)CC(=O)N3CC=C(c4ccccc4)CC3)ccc21. The Bertz CT molecular complexity index is 1240. The molecule has 4 rings (SSSR count). The van der Waals surface area contributed by atoms with Crippen molar-refractivity contribution in [3.8, 4) is 0 Å². The summed E-state index contributed by atoms with van der Waals surface area (Å²) in [5.41, 5.74) is 2.91. The van der Waals surface area contributed by atoms with Crippen LogP contribution in [-0.2, 0) is 25.0 Å². The summed E-state index contributed by atoms with van der Waals surface area (Å²) in [5.74, 6) is -0.315. The molecule has 2 aromatic carbocycles. The fraction of sp³-hybridized carbons (Fsp3) is 0.360. The van der Waals surface area contributed by atoms with Gasteiger partial charge in [0.15, 0.2) is 0 Å². The number of hydrogen-bond acceptors (Lipinski definition) is 4. The second kappa shape index (κ2) is 8.43. The van der Waals surface area contributed by atoms with Crippen molar-refractivity contribution in [3.63, 3.8) is 0 Å². The third kappa shape index (κ3) is 4.09. The number of carbonyl (C=O) groups is 2. The number of carbonyl (C=O) groups excluding carboxylic acids is 2. The Balaban J connectivity index is 1.47. The van der Waals surface area contributed by atoms with Gasteiger partial charge in [-0.15, -0.1) is 0 Å².